The van der Waals surface area contributed by atoms with Crippen LogP contribution >= 0.6 is 0 Å². The highest BCUT2D eigenvalue weighted by atomic mass is 16.5. The van der Waals surface area contributed by atoms with Gasteiger partial charge in [-0.2, -0.15) is 0 Å². The minimum absolute atomic E-state index is 0.247. The van der Waals surface area contributed by atoms with Gasteiger partial charge in [0.05, 0.1) is 18.7 Å². The van der Waals surface area contributed by atoms with Gasteiger partial charge >= 0.3 is 0 Å². The SMILES string of the molecule is COc1ccccc1C(N)c1cnc2ccccc2c1. The lowest BCUT2D eigenvalue weighted by Crippen LogP contribution is -2.13. The fraction of sp³-hybridized carbons (Fsp3) is 0.118. The van der Waals surface area contributed by atoms with E-state index < -0.39 is 0 Å². The van der Waals surface area contributed by atoms with Crippen molar-refractivity contribution in [1.29, 1.82) is 0 Å². The van der Waals surface area contributed by atoms with E-state index in [9.17, 15) is 0 Å². The summed E-state index contributed by atoms with van der Waals surface area (Å²) in [5, 5.41) is 1.09. The second-order valence-electron chi connectivity index (χ2n) is 4.68. The number of benzene rings is 2. The lowest BCUT2D eigenvalue weighted by molar-refractivity contribution is 0.408. The molecule has 0 aliphatic carbocycles. The summed E-state index contributed by atoms with van der Waals surface area (Å²) < 4.78 is 5.38. The number of para-hydroxylation sites is 2. The molecule has 0 aliphatic rings. The Morgan fingerprint density at radius 3 is 2.65 bits per heavy atom. The molecule has 1 aromatic heterocycles. The average Bonchev–Trinajstić information content (AvgIpc) is 2.53. The number of nitrogens with zero attached hydrogens (tertiary/aromatic N) is 1. The Balaban J connectivity index is 2.05. The van der Waals surface area contributed by atoms with Crippen molar-refractivity contribution < 1.29 is 4.74 Å². The van der Waals surface area contributed by atoms with Gasteiger partial charge in [0.25, 0.3) is 0 Å². The number of hydrogen-bond acceptors (Lipinski definition) is 3. The molecule has 1 heterocycles. The van der Waals surface area contributed by atoms with E-state index >= 15 is 0 Å². The average molecular weight is 264 g/mol. The van der Waals surface area contributed by atoms with Gasteiger partial charge < -0.3 is 10.5 Å². The molecular formula is C17H16N2O. The first-order valence-electron chi connectivity index (χ1n) is 6.53. The number of nitrogens with two attached hydrogens (primary N) is 1. The molecule has 3 nitrogen and oxygen atoms in total. The van der Waals surface area contributed by atoms with Gasteiger partial charge in [0.1, 0.15) is 5.75 Å². The Hall–Kier alpha value is -2.39. The molecule has 0 spiro atoms. The van der Waals surface area contributed by atoms with Crippen molar-refractivity contribution in [2.45, 2.75) is 6.04 Å². The molecule has 100 valence electrons. The summed E-state index contributed by atoms with van der Waals surface area (Å²) in [6.45, 7) is 0. The molecule has 0 amide bonds. The Morgan fingerprint density at radius 2 is 1.80 bits per heavy atom. The third kappa shape index (κ3) is 2.24. The molecule has 3 aromatic rings. The molecule has 0 saturated heterocycles. The first-order valence-corrected chi connectivity index (χ1v) is 6.53. The molecule has 2 aromatic carbocycles. The zero-order valence-electron chi connectivity index (χ0n) is 11.3. The monoisotopic (exact) mass is 264 g/mol. The number of pyridine rings is 1. The number of rotatable bonds is 3. The van der Waals surface area contributed by atoms with Crippen molar-refractivity contribution in [3.63, 3.8) is 0 Å². The van der Waals surface area contributed by atoms with E-state index in [1.54, 1.807) is 7.11 Å². The molecule has 2 N–H and O–H groups in total. The number of hydrogen-bond donors (Lipinski definition) is 1. The molecule has 20 heavy (non-hydrogen) atoms. The summed E-state index contributed by atoms with van der Waals surface area (Å²) >= 11 is 0. The second kappa shape index (κ2) is 5.31. The number of methoxy groups -OCH3 is 1. The lowest BCUT2D eigenvalue weighted by atomic mass is 9.99. The topological polar surface area (TPSA) is 48.1 Å². The van der Waals surface area contributed by atoms with Crippen LogP contribution in [-0.2, 0) is 0 Å². The van der Waals surface area contributed by atoms with Gasteiger partial charge in [0.15, 0.2) is 0 Å². The smallest absolute Gasteiger partial charge is 0.123 e. The molecule has 1 atom stereocenters. The van der Waals surface area contributed by atoms with Crippen LogP contribution in [0.1, 0.15) is 17.2 Å². The first kappa shape index (κ1) is 12.6. The molecule has 0 fully saturated rings. The summed E-state index contributed by atoms with van der Waals surface area (Å²) in [5.41, 5.74) is 9.28. The zero-order valence-corrected chi connectivity index (χ0v) is 11.3. The van der Waals surface area contributed by atoms with E-state index in [-0.39, 0.29) is 6.04 Å². The highest BCUT2D eigenvalue weighted by molar-refractivity contribution is 5.79. The van der Waals surface area contributed by atoms with Crippen LogP contribution in [0.4, 0.5) is 0 Å². The summed E-state index contributed by atoms with van der Waals surface area (Å²) in [7, 11) is 1.66. The van der Waals surface area contributed by atoms with Crippen molar-refractivity contribution >= 4 is 10.9 Å². The van der Waals surface area contributed by atoms with Crippen LogP contribution in [-0.4, -0.2) is 12.1 Å². The van der Waals surface area contributed by atoms with E-state index in [1.165, 1.54) is 0 Å². The van der Waals surface area contributed by atoms with E-state index in [0.717, 1.165) is 27.8 Å². The van der Waals surface area contributed by atoms with Gasteiger partial charge in [-0.1, -0.05) is 36.4 Å². The third-order valence-electron chi connectivity index (χ3n) is 3.44. The van der Waals surface area contributed by atoms with Crippen LogP contribution in [0.2, 0.25) is 0 Å². The van der Waals surface area contributed by atoms with Gasteiger partial charge in [-0.05, 0) is 23.8 Å². The van der Waals surface area contributed by atoms with Crippen LogP contribution in [0.15, 0.2) is 60.8 Å². The van der Waals surface area contributed by atoms with Crippen molar-refractivity contribution in [2.24, 2.45) is 5.73 Å². The largest absolute Gasteiger partial charge is 0.496 e. The Bertz CT molecular complexity index is 740. The third-order valence-corrected chi connectivity index (χ3v) is 3.44. The lowest BCUT2D eigenvalue weighted by Gasteiger charge is -2.16. The van der Waals surface area contributed by atoms with Crippen LogP contribution in [0.5, 0.6) is 5.75 Å². The van der Waals surface area contributed by atoms with Gasteiger partial charge in [-0.25, -0.2) is 0 Å². The van der Waals surface area contributed by atoms with Gasteiger partial charge in [-0.3, -0.25) is 4.98 Å². The predicted molar refractivity (Wildman–Crippen MR) is 80.8 cm³/mol. The summed E-state index contributed by atoms with van der Waals surface area (Å²) in [6, 6.07) is 17.7. The highest BCUT2D eigenvalue weighted by Crippen LogP contribution is 2.28. The molecule has 1 unspecified atom stereocenters. The minimum atomic E-state index is -0.247. The van der Waals surface area contributed by atoms with E-state index in [4.69, 9.17) is 10.5 Å². The maximum atomic E-state index is 6.36. The van der Waals surface area contributed by atoms with E-state index in [0.29, 0.717) is 0 Å². The molecule has 0 saturated carbocycles. The Kier molecular flexibility index (Phi) is 3.35. The minimum Gasteiger partial charge on any atom is -0.496 e. The van der Waals surface area contributed by atoms with Crippen molar-refractivity contribution in [2.75, 3.05) is 7.11 Å². The van der Waals surface area contributed by atoms with Gasteiger partial charge in [0, 0.05) is 17.1 Å². The van der Waals surface area contributed by atoms with Crippen molar-refractivity contribution in [3.05, 3.63) is 71.9 Å². The van der Waals surface area contributed by atoms with Crippen molar-refractivity contribution in [3.8, 4) is 5.75 Å². The van der Waals surface area contributed by atoms with Crippen LogP contribution < -0.4 is 10.5 Å². The molecule has 3 rings (SSSR count). The predicted octanol–water partition coefficient (Wildman–Crippen LogP) is 3.29. The second-order valence-corrected chi connectivity index (χ2v) is 4.68. The van der Waals surface area contributed by atoms with Crippen LogP contribution in [0.3, 0.4) is 0 Å². The fourth-order valence-electron chi connectivity index (χ4n) is 2.36. The molecule has 0 bridgehead atoms. The van der Waals surface area contributed by atoms with Crippen LogP contribution in [0.25, 0.3) is 10.9 Å². The molecule has 3 heteroatoms. The summed E-state index contributed by atoms with van der Waals surface area (Å²) in [5.74, 6) is 0.799. The van der Waals surface area contributed by atoms with Gasteiger partial charge in [-0.15, -0.1) is 0 Å². The van der Waals surface area contributed by atoms with E-state index in [1.807, 2.05) is 54.7 Å². The normalized spacial score (nSPS) is 12.3. The molecule has 0 aliphatic heterocycles. The number of ether oxygens (including phenoxy) is 1. The maximum Gasteiger partial charge on any atom is 0.123 e. The molecule has 0 radical (unpaired) electrons. The maximum absolute atomic E-state index is 6.36. The van der Waals surface area contributed by atoms with Crippen LogP contribution in [0, 0.1) is 0 Å². The Morgan fingerprint density at radius 1 is 1.05 bits per heavy atom. The quantitative estimate of drug-likeness (QED) is 0.789. The standard InChI is InChI=1S/C17H16N2O/c1-20-16-9-5-3-7-14(16)17(18)13-10-12-6-2-4-8-15(12)19-11-13/h2-11,17H,18H2,1H3. The summed E-state index contributed by atoms with van der Waals surface area (Å²) in [4.78, 5) is 4.46. The molecular weight excluding hydrogens is 248 g/mol. The van der Waals surface area contributed by atoms with Crippen molar-refractivity contribution in [1.82, 2.24) is 4.98 Å². The Labute approximate surface area is 118 Å². The summed E-state index contributed by atoms with van der Waals surface area (Å²) in [6.07, 6.45) is 1.83. The highest BCUT2D eigenvalue weighted by Gasteiger charge is 2.14. The van der Waals surface area contributed by atoms with E-state index in [2.05, 4.69) is 11.1 Å². The number of aromatic nitrogens is 1. The number of fused-ring (bicyclic) bond motifs is 1. The van der Waals surface area contributed by atoms with Gasteiger partial charge in [0.2, 0.25) is 0 Å². The zero-order chi connectivity index (χ0) is 13.9. The fourth-order valence-corrected chi connectivity index (χ4v) is 2.36. The first-order chi connectivity index (χ1) is 9.79.